The molecule has 0 bridgehead atoms. The number of carbonyl (C=O) groups excluding carboxylic acids is 4. The lowest BCUT2D eigenvalue weighted by atomic mass is 9.97. The molecule has 4 amide bonds. The normalized spacial score (nSPS) is 12.7. The Morgan fingerprint density at radius 2 is 1.70 bits per heavy atom. The van der Waals surface area contributed by atoms with Gasteiger partial charge in [0.1, 0.15) is 17.7 Å². The SMILES string of the molecule is Cc1cc(C)cc(C(C(=O)Nc2c(C)cccc2Cl)N(CCO)C(=O)C(CCC(N)=O)NC(=O)OC(C)(C)C)c1. The zero-order chi connectivity index (χ0) is 30.2. The lowest BCUT2D eigenvalue weighted by molar-refractivity contribution is -0.141. The molecule has 0 aliphatic carbocycles. The second kappa shape index (κ2) is 14.1. The van der Waals surface area contributed by atoms with E-state index in [1.807, 2.05) is 19.9 Å². The van der Waals surface area contributed by atoms with Crippen molar-refractivity contribution in [3.8, 4) is 0 Å². The van der Waals surface area contributed by atoms with E-state index < -0.39 is 48.1 Å². The first-order chi connectivity index (χ1) is 18.6. The van der Waals surface area contributed by atoms with Crippen molar-refractivity contribution in [2.24, 2.45) is 5.73 Å². The maximum atomic E-state index is 14.0. The molecule has 0 aromatic heterocycles. The first-order valence-corrected chi connectivity index (χ1v) is 13.3. The molecule has 11 heteroatoms. The largest absolute Gasteiger partial charge is 0.444 e. The summed E-state index contributed by atoms with van der Waals surface area (Å²) in [5.41, 5.74) is 7.79. The number of nitrogens with zero attached hydrogens (tertiary/aromatic N) is 1. The number of primary amides is 1. The summed E-state index contributed by atoms with van der Waals surface area (Å²) in [6.45, 7) is 9.80. The van der Waals surface area contributed by atoms with Gasteiger partial charge < -0.3 is 31.1 Å². The number of hydrogen-bond acceptors (Lipinski definition) is 6. The van der Waals surface area contributed by atoms with Crippen LogP contribution in [-0.2, 0) is 19.1 Å². The van der Waals surface area contributed by atoms with E-state index in [0.717, 1.165) is 11.1 Å². The van der Waals surface area contributed by atoms with Crippen LogP contribution >= 0.6 is 11.6 Å². The second-order valence-corrected chi connectivity index (χ2v) is 11.1. The fourth-order valence-electron chi connectivity index (χ4n) is 4.29. The number of nitrogens with two attached hydrogens (primary N) is 1. The molecule has 10 nitrogen and oxygen atoms in total. The van der Waals surface area contributed by atoms with Crippen LogP contribution in [0.3, 0.4) is 0 Å². The predicted octanol–water partition coefficient (Wildman–Crippen LogP) is 3.92. The van der Waals surface area contributed by atoms with Crippen LogP contribution in [-0.4, -0.2) is 58.6 Å². The van der Waals surface area contributed by atoms with Crippen molar-refractivity contribution in [1.82, 2.24) is 10.2 Å². The summed E-state index contributed by atoms with van der Waals surface area (Å²) < 4.78 is 5.31. The van der Waals surface area contributed by atoms with Crippen LogP contribution in [0.15, 0.2) is 36.4 Å². The fraction of sp³-hybridized carbons (Fsp3) is 0.448. The topological polar surface area (TPSA) is 151 Å². The summed E-state index contributed by atoms with van der Waals surface area (Å²) >= 11 is 6.37. The van der Waals surface area contributed by atoms with Gasteiger partial charge in [-0.25, -0.2) is 4.79 Å². The third kappa shape index (κ3) is 9.53. The van der Waals surface area contributed by atoms with Crippen molar-refractivity contribution in [1.29, 1.82) is 0 Å². The molecular weight excluding hydrogens is 536 g/mol. The molecule has 2 aromatic carbocycles. The van der Waals surface area contributed by atoms with Crippen LogP contribution in [0.2, 0.25) is 5.02 Å². The van der Waals surface area contributed by atoms with Gasteiger partial charge in [0.25, 0.3) is 5.91 Å². The molecule has 40 heavy (non-hydrogen) atoms. The van der Waals surface area contributed by atoms with Gasteiger partial charge in [0.15, 0.2) is 0 Å². The molecule has 2 rings (SSSR count). The van der Waals surface area contributed by atoms with E-state index in [4.69, 9.17) is 22.1 Å². The van der Waals surface area contributed by atoms with Crippen molar-refractivity contribution in [3.63, 3.8) is 0 Å². The Balaban J connectivity index is 2.59. The number of para-hydroxylation sites is 1. The Hall–Kier alpha value is -3.63. The molecule has 0 saturated heterocycles. The van der Waals surface area contributed by atoms with E-state index in [2.05, 4.69) is 10.6 Å². The molecule has 0 saturated carbocycles. The molecule has 0 spiro atoms. The highest BCUT2D eigenvalue weighted by Gasteiger charge is 2.36. The van der Waals surface area contributed by atoms with Crippen molar-refractivity contribution >= 4 is 41.1 Å². The van der Waals surface area contributed by atoms with Gasteiger partial charge in [0, 0.05) is 13.0 Å². The van der Waals surface area contributed by atoms with Crippen molar-refractivity contribution < 1.29 is 29.0 Å². The Kier molecular flexibility index (Phi) is 11.5. The lowest BCUT2D eigenvalue weighted by Gasteiger charge is -2.34. The lowest BCUT2D eigenvalue weighted by Crippen LogP contribution is -2.53. The van der Waals surface area contributed by atoms with Crippen molar-refractivity contribution in [2.75, 3.05) is 18.5 Å². The van der Waals surface area contributed by atoms with Gasteiger partial charge in [0.2, 0.25) is 11.8 Å². The summed E-state index contributed by atoms with van der Waals surface area (Å²) in [6, 6.07) is 8.16. The van der Waals surface area contributed by atoms with Crippen molar-refractivity contribution in [2.45, 2.75) is 72.1 Å². The third-order valence-electron chi connectivity index (χ3n) is 5.88. The van der Waals surface area contributed by atoms with Gasteiger partial charge >= 0.3 is 6.09 Å². The quantitative estimate of drug-likeness (QED) is 0.319. The zero-order valence-corrected chi connectivity index (χ0v) is 24.6. The van der Waals surface area contributed by atoms with E-state index in [1.54, 1.807) is 58.0 Å². The molecule has 2 unspecified atom stereocenters. The number of aliphatic hydroxyl groups is 1. The molecular formula is C29H39ClN4O6. The average molecular weight is 575 g/mol. The summed E-state index contributed by atoms with van der Waals surface area (Å²) in [6.07, 6.45) is -1.23. The maximum absolute atomic E-state index is 14.0. The van der Waals surface area contributed by atoms with Gasteiger partial charge in [-0.1, -0.05) is 53.1 Å². The first-order valence-electron chi connectivity index (χ1n) is 13.0. The number of benzene rings is 2. The third-order valence-corrected chi connectivity index (χ3v) is 6.20. The summed E-state index contributed by atoms with van der Waals surface area (Å²) in [5, 5.41) is 15.6. The Morgan fingerprint density at radius 3 is 2.23 bits per heavy atom. The highest BCUT2D eigenvalue weighted by Crippen LogP contribution is 2.30. The number of ether oxygens (including phenoxy) is 1. The number of carbonyl (C=O) groups is 4. The number of aryl methyl sites for hydroxylation is 3. The van der Waals surface area contributed by atoms with Gasteiger partial charge in [-0.3, -0.25) is 14.4 Å². The van der Waals surface area contributed by atoms with E-state index >= 15 is 0 Å². The fourth-order valence-corrected chi connectivity index (χ4v) is 4.56. The van der Waals surface area contributed by atoms with Crippen LogP contribution in [0.5, 0.6) is 0 Å². The number of nitrogens with one attached hydrogen (secondary N) is 2. The highest BCUT2D eigenvalue weighted by molar-refractivity contribution is 6.34. The summed E-state index contributed by atoms with van der Waals surface area (Å²) in [4.78, 5) is 53.3. The molecule has 0 radical (unpaired) electrons. The monoisotopic (exact) mass is 574 g/mol. The number of rotatable bonds is 11. The van der Waals surface area contributed by atoms with E-state index in [9.17, 15) is 24.3 Å². The van der Waals surface area contributed by atoms with E-state index in [0.29, 0.717) is 21.8 Å². The molecule has 2 atom stereocenters. The maximum Gasteiger partial charge on any atom is 0.408 e. The van der Waals surface area contributed by atoms with Gasteiger partial charge in [-0.15, -0.1) is 0 Å². The van der Waals surface area contributed by atoms with Crippen LogP contribution in [0.4, 0.5) is 10.5 Å². The molecule has 0 fully saturated rings. The Bertz CT molecular complexity index is 1200. The van der Waals surface area contributed by atoms with E-state index in [1.165, 1.54) is 4.90 Å². The van der Waals surface area contributed by atoms with Crippen LogP contribution in [0, 0.1) is 20.8 Å². The van der Waals surface area contributed by atoms with Gasteiger partial charge in [0.05, 0.1) is 17.3 Å². The Labute approximate surface area is 240 Å². The molecule has 0 aliphatic rings. The Morgan fingerprint density at radius 1 is 1.07 bits per heavy atom. The first kappa shape index (κ1) is 32.6. The zero-order valence-electron chi connectivity index (χ0n) is 23.8. The number of anilines is 1. The molecule has 218 valence electrons. The number of alkyl carbamates (subject to hydrolysis) is 1. The standard InChI is InChI=1S/C29H39ClN4O6/c1-17-14-18(2)16-20(15-17)25(26(37)33-24-19(3)8-7-9-21(24)30)34(12-13-35)27(38)22(10-11-23(31)36)32-28(39)40-29(4,5)6/h7-9,14-16,22,25,35H,10-13H2,1-6H3,(H2,31,36)(H,32,39)(H,33,37). The average Bonchev–Trinajstić information content (AvgIpc) is 2.81. The summed E-state index contributed by atoms with van der Waals surface area (Å²) in [5.74, 6) is -1.94. The number of hydrogen-bond donors (Lipinski definition) is 4. The van der Waals surface area contributed by atoms with Crippen molar-refractivity contribution in [3.05, 3.63) is 63.7 Å². The molecule has 0 aliphatic heterocycles. The smallest absolute Gasteiger partial charge is 0.408 e. The van der Waals surface area contributed by atoms with Crippen LogP contribution < -0.4 is 16.4 Å². The van der Waals surface area contributed by atoms with Crippen LogP contribution in [0.1, 0.15) is 61.9 Å². The second-order valence-electron chi connectivity index (χ2n) is 10.7. The minimum Gasteiger partial charge on any atom is -0.444 e. The minimum atomic E-state index is -1.27. The van der Waals surface area contributed by atoms with E-state index in [-0.39, 0.29) is 19.4 Å². The number of amides is 4. The minimum absolute atomic E-state index is 0.139. The number of aliphatic hydroxyl groups excluding tert-OH is 1. The molecule has 0 heterocycles. The van der Waals surface area contributed by atoms with Gasteiger partial charge in [-0.05, 0) is 65.2 Å². The van der Waals surface area contributed by atoms with Crippen LogP contribution in [0.25, 0.3) is 0 Å². The number of halogens is 1. The predicted molar refractivity (Wildman–Crippen MR) is 154 cm³/mol. The molecule has 2 aromatic rings. The highest BCUT2D eigenvalue weighted by atomic mass is 35.5. The van der Waals surface area contributed by atoms with Gasteiger partial charge in [-0.2, -0.15) is 0 Å². The summed E-state index contributed by atoms with van der Waals surface area (Å²) in [7, 11) is 0. The molecule has 5 N–H and O–H groups in total.